The maximum atomic E-state index is 11.7. The molecular weight excluding hydrogens is 226 g/mol. The van der Waals surface area contributed by atoms with Crippen LogP contribution in [0.4, 0.5) is 0 Å². The van der Waals surface area contributed by atoms with E-state index in [0.29, 0.717) is 6.54 Å². The van der Waals surface area contributed by atoms with Crippen molar-refractivity contribution in [2.24, 2.45) is 0 Å². The van der Waals surface area contributed by atoms with E-state index in [1.807, 2.05) is 32.0 Å². The second-order valence-corrected chi connectivity index (χ2v) is 4.61. The summed E-state index contributed by atoms with van der Waals surface area (Å²) in [5.74, 6) is 0.0405. The van der Waals surface area contributed by atoms with Crippen LogP contribution in [0.2, 0.25) is 0 Å². The monoisotopic (exact) mass is 249 g/mol. The number of nitrogens with zero attached hydrogens (tertiary/aromatic N) is 1. The van der Waals surface area contributed by atoms with E-state index in [-0.39, 0.29) is 18.0 Å². The van der Waals surface area contributed by atoms with Crippen LogP contribution in [-0.2, 0) is 4.79 Å². The van der Waals surface area contributed by atoms with Crippen LogP contribution in [0.15, 0.2) is 24.4 Å². The van der Waals surface area contributed by atoms with Crippen LogP contribution in [0.25, 0.3) is 0 Å². The largest absolute Gasteiger partial charge is 0.353 e. The Kier molecular flexibility index (Phi) is 6.36. The SMILES string of the molecule is CCCC(C)NC(=O)CN[C@H](C)c1ccccn1. The van der Waals surface area contributed by atoms with Crippen LogP contribution in [0.3, 0.4) is 0 Å². The molecule has 0 aromatic carbocycles. The molecule has 1 aromatic heterocycles. The third-order valence-corrected chi connectivity index (χ3v) is 2.83. The predicted octanol–water partition coefficient (Wildman–Crippen LogP) is 2.04. The number of aromatic nitrogens is 1. The Labute approximate surface area is 109 Å². The van der Waals surface area contributed by atoms with Crippen molar-refractivity contribution in [1.82, 2.24) is 15.6 Å². The first-order valence-corrected chi connectivity index (χ1v) is 6.57. The number of amides is 1. The predicted molar refractivity (Wildman–Crippen MR) is 73.2 cm³/mol. The summed E-state index contributed by atoms with van der Waals surface area (Å²) in [5.41, 5.74) is 0.951. The molecule has 0 aliphatic rings. The molecule has 4 nitrogen and oxygen atoms in total. The number of carbonyl (C=O) groups excluding carboxylic acids is 1. The van der Waals surface area contributed by atoms with Gasteiger partial charge in [0.05, 0.1) is 12.2 Å². The molecule has 1 unspecified atom stereocenters. The smallest absolute Gasteiger partial charge is 0.234 e. The van der Waals surface area contributed by atoms with E-state index in [4.69, 9.17) is 0 Å². The topological polar surface area (TPSA) is 54.0 Å². The molecule has 1 heterocycles. The summed E-state index contributed by atoms with van der Waals surface area (Å²) in [5, 5.41) is 6.14. The van der Waals surface area contributed by atoms with Gasteiger partial charge in [0.1, 0.15) is 0 Å². The number of hydrogen-bond donors (Lipinski definition) is 2. The lowest BCUT2D eigenvalue weighted by atomic mass is 10.2. The molecule has 2 N–H and O–H groups in total. The molecule has 0 saturated heterocycles. The van der Waals surface area contributed by atoms with Crippen molar-refractivity contribution >= 4 is 5.91 Å². The molecule has 0 saturated carbocycles. The minimum atomic E-state index is 0.0405. The maximum absolute atomic E-state index is 11.7. The lowest BCUT2D eigenvalue weighted by Crippen LogP contribution is -2.39. The van der Waals surface area contributed by atoms with Gasteiger partial charge in [-0.3, -0.25) is 9.78 Å². The Balaban J connectivity index is 2.30. The van der Waals surface area contributed by atoms with E-state index in [1.165, 1.54) is 0 Å². The Morgan fingerprint density at radius 2 is 2.17 bits per heavy atom. The van der Waals surface area contributed by atoms with Crippen molar-refractivity contribution in [2.45, 2.75) is 45.7 Å². The summed E-state index contributed by atoms with van der Waals surface area (Å²) in [6, 6.07) is 6.11. The molecule has 0 aliphatic heterocycles. The van der Waals surface area contributed by atoms with Crippen LogP contribution in [-0.4, -0.2) is 23.5 Å². The van der Waals surface area contributed by atoms with Gasteiger partial charge in [0.25, 0.3) is 0 Å². The molecule has 0 fully saturated rings. The highest BCUT2D eigenvalue weighted by Crippen LogP contribution is 2.06. The minimum absolute atomic E-state index is 0.0405. The summed E-state index contributed by atoms with van der Waals surface area (Å²) in [4.78, 5) is 15.9. The highest BCUT2D eigenvalue weighted by atomic mass is 16.1. The molecular formula is C14H23N3O. The average Bonchev–Trinajstić information content (AvgIpc) is 2.37. The molecule has 4 heteroatoms. The summed E-state index contributed by atoms with van der Waals surface area (Å²) in [6.07, 6.45) is 3.86. The van der Waals surface area contributed by atoms with Crippen LogP contribution in [0.5, 0.6) is 0 Å². The van der Waals surface area contributed by atoms with Crippen LogP contribution >= 0.6 is 0 Å². The van der Waals surface area contributed by atoms with Gasteiger partial charge in [-0.25, -0.2) is 0 Å². The fourth-order valence-corrected chi connectivity index (χ4v) is 1.81. The number of pyridine rings is 1. The molecule has 2 atom stereocenters. The zero-order chi connectivity index (χ0) is 13.4. The third-order valence-electron chi connectivity index (χ3n) is 2.83. The Bertz CT molecular complexity index is 353. The fourth-order valence-electron chi connectivity index (χ4n) is 1.81. The molecule has 0 bridgehead atoms. The quantitative estimate of drug-likeness (QED) is 0.777. The van der Waals surface area contributed by atoms with Crippen LogP contribution in [0, 0.1) is 0 Å². The molecule has 0 aliphatic carbocycles. The van der Waals surface area contributed by atoms with Gasteiger partial charge in [0.2, 0.25) is 5.91 Å². The summed E-state index contributed by atoms with van der Waals surface area (Å²) in [7, 11) is 0. The lowest BCUT2D eigenvalue weighted by Gasteiger charge is -2.16. The van der Waals surface area contributed by atoms with Crippen molar-refractivity contribution in [1.29, 1.82) is 0 Å². The van der Waals surface area contributed by atoms with Gasteiger partial charge in [0, 0.05) is 18.3 Å². The Morgan fingerprint density at radius 3 is 2.78 bits per heavy atom. The van der Waals surface area contributed by atoms with Crippen LogP contribution in [0.1, 0.15) is 45.3 Å². The van der Waals surface area contributed by atoms with E-state index in [2.05, 4.69) is 22.5 Å². The highest BCUT2D eigenvalue weighted by Gasteiger charge is 2.09. The Hall–Kier alpha value is -1.42. The Morgan fingerprint density at radius 1 is 1.39 bits per heavy atom. The molecule has 1 aromatic rings. The zero-order valence-electron chi connectivity index (χ0n) is 11.4. The van der Waals surface area contributed by atoms with Crippen molar-refractivity contribution < 1.29 is 4.79 Å². The van der Waals surface area contributed by atoms with E-state index in [9.17, 15) is 4.79 Å². The van der Waals surface area contributed by atoms with Gasteiger partial charge in [-0.2, -0.15) is 0 Å². The molecule has 18 heavy (non-hydrogen) atoms. The van der Waals surface area contributed by atoms with E-state index in [0.717, 1.165) is 18.5 Å². The maximum Gasteiger partial charge on any atom is 0.234 e. The normalized spacial score (nSPS) is 13.9. The van der Waals surface area contributed by atoms with Gasteiger partial charge in [-0.05, 0) is 32.4 Å². The number of hydrogen-bond acceptors (Lipinski definition) is 3. The van der Waals surface area contributed by atoms with Crippen molar-refractivity contribution in [3.8, 4) is 0 Å². The van der Waals surface area contributed by atoms with E-state index < -0.39 is 0 Å². The molecule has 0 radical (unpaired) electrons. The molecule has 100 valence electrons. The van der Waals surface area contributed by atoms with E-state index >= 15 is 0 Å². The van der Waals surface area contributed by atoms with Crippen molar-refractivity contribution in [3.05, 3.63) is 30.1 Å². The van der Waals surface area contributed by atoms with Gasteiger partial charge in [0.15, 0.2) is 0 Å². The molecule has 1 rings (SSSR count). The van der Waals surface area contributed by atoms with Crippen molar-refractivity contribution in [3.63, 3.8) is 0 Å². The average molecular weight is 249 g/mol. The van der Waals surface area contributed by atoms with Gasteiger partial charge < -0.3 is 10.6 Å². The van der Waals surface area contributed by atoms with Crippen molar-refractivity contribution in [2.75, 3.05) is 6.54 Å². The lowest BCUT2D eigenvalue weighted by molar-refractivity contribution is -0.121. The van der Waals surface area contributed by atoms with Gasteiger partial charge in [-0.1, -0.05) is 19.4 Å². The summed E-state index contributed by atoms with van der Waals surface area (Å²) >= 11 is 0. The number of carbonyl (C=O) groups is 1. The van der Waals surface area contributed by atoms with E-state index in [1.54, 1.807) is 6.20 Å². The fraction of sp³-hybridized carbons (Fsp3) is 0.571. The first-order chi connectivity index (χ1) is 8.63. The molecule has 0 spiro atoms. The first kappa shape index (κ1) is 14.6. The van der Waals surface area contributed by atoms with Crippen LogP contribution < -0.4 is 10.6 Å². The van der Waals surface area contributed by atoms with Gasteiger partial charge in [-0.15, -0.1) is 0 Å². The third kappa shape index (κ3) is 5.27. The number of rotatable bonds is 7. The zero-order valence-corrected chi connectivity index (χ0v) is 11.4. The number of nitrogens with one attached hydrogen (secondary N) is 2. The summed E-state index contributed by atoms with van der Waals surface area (Å²) < 4.78 is 0. The molecule has 1 amide bonds. The first-order valence-electron chi connectivity index (χ1n) is 6.57. The standard InChI is InChI=1S/C14H23N3O/c1-4-7-11(2)17-14(18)10-16-12(3)13-8-5-6-9-15-13/h5-6,8-9,11-12,16H,4,7,10H2,1-3H3,(H,17,18)/t11?,12-/m1/s1. The second-order valence-electron chi connectivity index (χ2n) is 4.61. The summed E-state index contributed by atoms with van der Waals surface area (Å²) in [6.45, 7) is 6.48. The van der Waals surface area contributed by atoms with Gasteiger partial charge >= 0.3 is 0 Å². The highest BCUT2D eigenvalue weighted by molar-refractivity contribution is 5.78. The minimum Gasteiger partial charge on any atom is -0.353 e. The second kappa shape index (κ2) is 7.82.